The Labute approximate surface area is 223 Å². The Kier molecular flexibility index (Phi) is 15.1. The van der Waals surface area contributed by atoms with E-state index in [1.807, 2.05) is 6.92 Å². The molecule has 0 bridgehead atoms. The van der Waals surface area contributed by atoms with Crippen molar-refractivity contribution < 1.29 is 23.8 Å². The van der Waals surface area contributed by atoms with Gasteiger partial charge in [0.1, 0.15) is 11.5 Å². The Morgan fingerprint density at radius 3 is 1.68 bits per heavy atom. The molecule has 2 aromatic rings. The molecule has 0 saturated heterocycles. The maximum absolute atomic E-state index is 12.5. The highest BCUT2D eigenvalue weighted by atomic mass is 16.5. The van der Waals surface area contributed by atoms with E-state index in [0.29, 0.717) is 36.0 Å². The molecule has 2 rings (SSSR count). The molecule has 204 valence electrons. The summed E-state index contributed by atoms with van der Waals surface area (Å²) in [4.78, 5) is 24.6. The Balaban J connectivity index is 1.62. The summed E-state index contributed by atoms with van der Waals surface area (Å²) in [5.41, 5.74) is 0.876. The average Bonchev–Trinajstić information content (AvgIpc) is 2.92. The van der Waals surface area contributed by atoms with Crippen LogP contribution in [-0.2, 0) is 4.74 Å². The van der Waals surface area contributed by atoms with E-state index in [1.54, 1.807) is 48.5 Å². The lowest BCUT2D eigenvalue weighted by atomic mass is 10.1. The zero-order chi connectivity index (χ0) is 26.7. The number of hydrogen-bond acceptors (Lipinski definition) is 5. The second kappa shape index (κ2) is 18.4. The van der Waals surface area contributed by atoms with Crippen LogP contribution in [0.25, 0.3) is 0 Å². The van der Waals surface area contributed by atoms with Crippen molar-refractivity contribution in [2.75, 3.05) is 13.2 Å². The highest BCUT2D eigenvalue weighted by Crippen LogP contribution is 2.18. The van der Waals surface area contributed by atoms with Gasteiger partial charge in [-0.15, -0.1) is 0 Å². The third kappa shape index (κ3) is 12.8. The normalized spacial score (nSPS) is 11.6. The summed E-state index contributed by atoms with van der Waals surface area (Å²) in [6, 6.07) is 13.4. The average molecular weight is 511 g/mol. The van der Waals surface area contributed by atoms with Gasteiger partial charge < -0.3 is 14.2 Å². The molecule has 0 radical (unpaired) electrons. The number of unbranched alkanes of at least 4 members (excludes halogenated alkanes) is 10. The molecular formula is C32H46O5. The Morgan fingerprint density at radius 1 is 0.649 bits per heavy atom. The molecular weight excluding hydrogens is 464 g/mol. The van der Waals surface area contributed by atoms with Gasteiger partial charge in [-0.1, -0.05) is 91.4 Å². The van der Waals surface area contributed by atoms with E-state index in [0.717, 1.165) is 18.6 Å². The first-order chi connectivity index (χ1) is 18.0. The van der Waals surface area contributed by atoms with Crippen molar-refractivity contribution in [3.05, 3.63) is 59.7 Å². The molecule has 37 heavy (non-hydrogen) atoms. The highest BCUT2D eigenvalue weighted by Gasteiger charge is 2.12. The summed E-state index contributed by atoms with van der Waals surface area (Å²) < 4.78 is 16.6. The SMILES string of the molecule is CCCCCCCCCCCCCOc1ccc(C(=O)Oc2ccc(C(=O)OCC(C)CC)cc2)cc1. The molecule has 0 aliphatic heterocycles. The molecule has 0 saturated carbocycles. The van der Waals surface area contributed by atoms with Crippen LogP contribution in [0.1, 0.15) is 119 Å². The second-order valence-electron chi connectivity index (χ2n) is 9.93. The second-order valence-corrected chi connectivity index (χ2v) is 9.93. The fraction of sp³-hybridized carbons (Fsp3) is 0.562. The number of esters is 2. The zero-order valence-corrected chi connectivity index (χ0v) is 23.1. The predicted octanol–water partition coefficient (Wildman–Crippen LogP) is 8.80. The monoisotopic (exact) mass is 510 g/mol. The molecule has 1 atom stereocenters. The van der Waals surface area contributed by atoms with Crippen molar-refractivity contribution >= 4 is 11.9 Å². The van der Waals surface area contributed by atoms with E-state index >= 15 is 0 Å². The minimum atomic E-state index is -0.455. The molecule has 5 heteroatoms. The first-order valence-electron chi connectivity index (χ1n) is 14.3. The van der Waals surface area contributed by atoms with Crippen molar-refractivity contribution in [2.45, 2.75) is 97.8 Å². The fourth-order valence-electron chi connectivity index (χ4n) is 3.89. The van der Waals surface area contributed by atoms with Crippen molar-refractivity contribution in [1.82, 2.24) is 0 Å². The Bertz CT molecular complexity index is 888. The number of hydrogen-bond donors (Lipinski definition) is 0. The van der Waals surface area contributed by atoms with Crippen LogP contribution in [0.2, 0.25) is 0 Å². The zero-order valence-electron chi connectivity index (χ0n) is 23.1. The minimum Gasteiger partial charge on any atom is -0.494 e. The van der Waals surface area contributed by atoms with Crippen LogP contribution in [0.15, 0.2) is 48.5 Å². The summed E-state index contributed by atoms with van der Waals surface area (Å²) in [6.07, 6.45) is 15.3. The Morgan fingerprint density at radius 2 is 1.14 bits per heavy atom. The van der Waals surface area contributed by atoms with E-state index in [4.69, 9.17) is 14.2 Å². The van der Waals surface area contributed by atoms with Crippen molar-refractivity contribution in [2.24, 2.45) is 5.92 Å². The van der Waals surface area contributed by atoms with Crippen molar-refractivity contribution in [3.63, 3.8) is 0 Å². The minimum absolute atomic E-state index is 0.325. The predicted molar refractivity (Wildman–Crippen MR) is 150 cm³/mol. The smallest absolute Gasteiger partial charge is 0.343 e. The first kappa shape index (κ1) is 30.4. The molecule has 0 spiro atoms. The molecule has 0 aromatic heterocycles. The van der Waals surface area contributed by atoms with Crippen LogP contribution in [0.4, 0.5) is 0 Å². The van der Waals surface area contributed by atoms with Gasteiger partial charge in [0.2, 0.25) is 0 Å². The van der Waals surface area contributed by atoms with Crippen LogP contribution < -0.4 is 9.47 Å². The fourth-order valence-corrected chi connectivity index (χ4v) is 3.89. The lowest BCUT2D eigenvalue weighted by molar-refractivity contribution is 0.0447. The first-order valence-corrected chi connectivity index (χ1v) is 14.3. The number of carbonyl (C=O) groups excluding carboxylic acids is 2. The summed E-state index contributed by atoms with van der Waals surface area (Å²) >= 11 is 0. The maximum atomic E-state index is 12.5. The topological polar surface area (TPSA) is 61.8 Å². The molecule has 0 aliphatic rings. The van der Waals surface area contributed by atoms with Gasteiger partial charge in [-0.3, -0.25) is 0 Å². The van der Waals surface area contributed by atoms with Gasteiger partial charge in [0.15, 0.2) is 0 Å². The lowest BCUT2D eigenvalue weighted by Crippen LogP contribution is -2.12. The number of rotatable bonds is 19. The van der Waals surface area contributed by atoms with Crippen LogP contribution in [0.5, 0.6) is 11.5 Å². The van der Waals surface area contributed by atoms with E-state index in [1.165, 1.54) is 64.2 Å². The van der Waals surface area contributed by atoms with Crippen LogP contribution in [-0.4, -0.2) is 25.2 Å². The summed E-state index contributed by atoms with van der Waals surface area (Å²) in [7, 11) is 0. The van der Waals surface area contributed by atoms with Crippen LogP contribution >= 0.6 is 0 Å². The van der Waals surface area contributed by atoms with Gasteiger partial charge in [0.25, 0.3) is 0 Å². The number of ether oxygens (including phenoxy) is 3. The van der Waals surface area contributed by atoms with Gasteiger partial charge in [0.05, 0.1) is 24.3 Å². The number of benzene rings is 2. The van der Waals surface area contributed by atoms with Crippen LogP contribution in [0, 0.1) is 5.92 Å². The highest BCUT2D eigenvalue weighted by molar-refractivity contribution is 5.92. The van der Waals surface area contributed by atoms with E-state index < -0.39 is 5.97 Å². The van der Waals surface area contributed by atoms with Gasteiger partial charge in [-0.2, -0.15) is 0 Å². The molecule has 5 nitrogen and oxygen atoms in total. The van der Waals surface area contributed by atoms with Gasteiger partial charge in [-0.05, 0) is 60.9 Å². The van der Waals surface area contributed by atoms with E-state index in [2.05, 4.69) is 13.8 Å². The third-order valence-electron chi connectivity index (χ3n) is 6.60. The van der Waals surface area contributed by atoms with Crippen molar-refractivity contribution in [1.29, 1.82) is 0 Å². The molecule has 0 heterocycles. The Hall–Kier alpha value is -2.82. The summed E-state index contributed by atoms with van der Waals surface area (Å²) in [5, 5.41) is 0. The quantitative estimate of drug-likeness (QED) is 0.107. The van der Waals surface area contributed by atoms with Crippen LogP contribution in [0.3, 0.4) is 0 Å². The van der Waals surface area contributed by atoms with Crippen molar-refractivity contribution in [3.8, 4) is 11.5 Å². The molecule has 0 amide bonds. The van der Waals surface area contributed by atoms with Gasteiger partial charge in [-0.25, -0.2) is 9.59 Å². The maximum Gasteiger partial charge on any atom is 0.343 e. The molecule has 1 unspecified atom stereocenters. The van der Waals surface area contributed by atoms with E-state index in [-0.39, 0.29) is 5.97 Å². The standard InChI is InChI=1S/C32H46O5/c1-4-6-7-8-9-10-11-12-13-14-15-24-35-29-20-16-28(17-21-29)32(34)37-30-22-18-27(19-23-30)31(33)36-25-26(3)5-2/h16-23,26H,4-15,24-25H2,1-3H3. The molecule has 0 aliphatic carbocycles. The molecule has 2 aromatic carbocycles. The summed E-state index contributed by atoms with van der Waals surface area (Å²) in [6.45, 7) is 7.43. The third-order valence-corrected chi connectivity index (χ3v) is 6.60. The largest absolute Gasteiger partial charge is 0.494 e. The van der Waals surface area contributed by atoms with E-state index in [9.17, 15) is 9.59 Å². The molecule has 0 fully saturated rings. The molecule has 0 N–H and O–H groups in total. The summed E-state index contributed by atoms with van der Waals surface area (Å²) in [5.74, 6) is 0.626. The van der Waals surface area contributed by atoms with Gasteiger partial charge >= 0.3 is 11.9 Å². The number of carbonyl (C=O) groups is 2. The van der Waals surface area contributed by atoms with Gasteiger partial charge in [0, 0.05) is 0 Å². The lowest BCUT2D eigenvalue weighted by Gasteiger charge is -2.10.